The molecule has 2 N–H and O–H groups in total. The van der Waals surface area contributed by atoms with Gasteiger partial charge in [0.05, 0.1) is 6.10 Å². The van der Waals surface area contributed by atoms with Gasteiger partial charge in [-0.1, -0.05) is 0 Å². The fourth-order valence-electron chi connectivity index (χ4n) is 1.07. The van der Waals surface area contributed by atoms with E-state index in [0.29, 0.717) is 6.04 Å². The molecule has 0 spiro atoms. The molecule has 0 saturated heterocycles. The lowest BCUT2D eigenvalue weighted by Crippen LogP contribution is -2.46. The van der Waals surface area contributed by atoms with Gasteiger partial charge in [-0.2, -0.15) is 12.6 Å². The maximum Gasteiger partial charge on any atom is 0.0570 e. The number of nitrogens with one attached hydrogen (secondary N) is 1. The Morgan fingerprint density at radius 2 is 2.22 bits per heavy atom. The second-order valence-electron chi connectivity index (χ2n) is 2.66. The zero-order chi connectivity index (χ0) is 6.85. The van der Waals surface area contributed by atoms with Crippen molar-refractivity contribution in [2.45, 2.75) is 37.3 Å². The lowest BCUT2D eigenvalue weighted by atomic mass is 9.90. The number of rotatable bonds is 2. The van der Waals surface area contributed by atoms with E-state index in [4.69, 9.17) is 5.11 Å². The van der Waals surface area contributed by atoms with Crippen LogP contribution < -0.4 is 5.32 Å². The van der Waals surface area contributed by atoms with Crippen molar-refractivity contribution >= 4 is 12.6 Å². The van der Waals surface area contributed by atoms with Gasteiger partial charge in [-0.25, -0.2) is 0 Å². The summed E-state index contributed by atoms with van der Waals surface area (Å²) in [7, 11) is 0. The molecule has 1 aliphatic rings. The first-order valence-electron chi connectivity index (χ1n) is 3.30. The Morgan fingerprint density at radius 1 is 1.67 bits per heavy atom. The van der Waals surface area contributed by atoms with Crippen LogP contribution in [-0.2, 0) is 0 Å². The summed E-state index contributed by atoms with van der Waals surface area (Å²) in [6.45, 7) is 1.99. The van der Waals surface area contributed by atoms with E-state index in [0.717, 1.165) is 12.8 Å². The Labute approximate surface area is 61.1 Å². The first kappa shape index (κ1) is 7.38. The summed E-state index contributed by atoms with van der Waals surface area (Å²) >= 11 is 4.16. The smallest absolute Gasteiger partial charge is 0.0570 e. The molecular formula is C6H13NOS. The third-order valence-corrected chi connectivity index (χ3v) is 1.74. The number of aliphatic hydroxyl groups excluding tert-OH is 1. The summed E-state index contributed by atoms with van der Waals surface area (Å²) in [6, 6.07) is 0.507. The van der Waals surface area contributed by atoms with E-state index in [-0.39, 0.29) is 11.5 Å². The predicted molar refractivity (Wildman–Crippen MR) is 40.6 cm³/mol. The van der Waals surface area contributed by atoms with Crippen molar-refractivity contribution in [1.82, 2.24) is 5.32 Å². The van der Waals surface area contributed by atoms with Crippen LogP contribution in [0.3, 0.4) is 0 Å². The number of hydrogen-bond acceptors (Lipinski definition) is 3. The summed E-state index contributed by atoms with van der Waals surface area (Å²) < 4.78 is 0. The topological polar surface area (TPSA) is 32.3 Å². The normalized spacial score (nSPS) is 37.7. The zero-order valence-electron chi connectivity index (χ0n) is 5.54. The Hall–Kier alpha value is 0.270. The SMILES string of the molecule is CC(S)N[C@H]1C[C@H](O)C1. The van der Waals surface area contributed by atoms with Crippen LogP contribution in [0.4, 0.5) is 0 Å². The molecular weight excluding hydrogens is 134 g/mol. The van der Waals surface area contributed by atoms with Gasteiger partial charge in [-0.3, -0.25) is 0 Å². The van der Waals surface area contributed by atoms with Crippen LogP contribution in [0.25, 0.3) is 0 Å². The molecule has 1 atom stereocenters. The van der Waals surface area contributed by atoms with E-state index in [9.17, 15) is 0 Å². The molecule has 0 radical (unpaired) electrons. The highest BCUT2D eigenvalue weighted by atomic mass is 32.1. The largest absolute Gasteiger partial charge is 0.393 e. The van der Waals surface area contributed by atoms with Gasteiger partial charge in [0.1, 0.15) is 0 Å². The molecule has 0 aromatic heterocycles. The molecule has 1 rings (SSSR count). The second kappa shape index (κ2) is 2.90. The monoisotopic (exact) mass is 147 g/mol. The number of aliphatic hydroxyl groups is 1. The van der Waals surface area contributed by atoms with Gasteiger partial charge in [0.2, 0.25) is 0 Å². The van der Waals surface area contributed by atoms with Crippen molar-refractivity contribution in [3.05, 3.63) is 0 Å². The third kappa shape index (κ3) is 2.16. The minimum Gasteiger partial charge on any atom is -0.393 e. The summed E-state index contributed by atoms with van der Waals surface area (Å²) in [6.07, 6.45) is 1.73. The molecule has 0 aromatic rings. The molecule has 0 bridgehead atoms. The van der Waals surface area contributed by atoms with E-state index < -0.39 is 0 Å². The van der Waals surface area contributed by atoms with Gasteiger partial charge in [-0.05, 0) is 19.8 Å². The summed E-state index contributed by atoms with van der Waals surface area (Å²) in [5.41, 5.74) is 0. The van der Waals surface area contributed by atoms with Crippen molar-refractivity contribution in [2.75, 3.05) is 0 Å². The summed E-state index contributed by atoms with van der Waals surface area (Å²) in [5.74, 6) is 0. The molecule has 1 unspecified atom stereocenters. The van der Waals surface area contributed by atoms with Crippen LogP contribution >= 0.6 is 12.6 Å². The molecule has 54 valence electrons. The maximum absolute atomic E-state index is 8.87. The first-order chi connectivity index (χ1) is 4.18. The van der Waals surface area contributed by atoms with Crippen LogP contribution in [0.2, 0.25) is 0 Å². The average Bonchev–Trinajstić information content (AvgIpc) is 1.60. The van der Waals surface area contributed by atoms with E-state index in [1.165, 1.54) is 0 Å². The van der Waals surface area contributed by atoms with Crippen LogP contribution in [0.1, 0.15) is 19.8 Å². The zero-order valence-corrected chi connectivity index (χ0v) is 6.44. The van der Waals surface area contributed by atoms with Crippen molar-refractivity contribution < 1.29 is 5.11 Å². The highest BCUT2D eigenvalue weighted by Crippen LogP contribution is 2.19. The third-order valence-electron chi connectivity index (χ3n) is 1.59. The predicted octanol–water partition coefficient (Wildman–Crippen LogP) is 0.375. The molecule has 9 heavy (non-hydrogen) atoms. The fourth-order valence-corrected chi connectivity index (χ4v) is 1.28. The molecule has 1 fully saturated rings. The molecule has 0 amide bonds. The maximum atomic E-state index is 8.87. The highest BCUT2D eigenvalue weighted by molar-refractivity contribution is 7.80. The molecule has 3 heteroatoms. The lowest BCUT2D eigenvalue weighted by Gasteiger charge is -2.33. The van der Waals surface area contributed by atoms with Gasteiger partial charge in [0, 0.05) is 11.4 Å². The number of hydrogen-bond donors (Lipinski definition) is 3. The first-order valence-corrected chi connectivity index (χ1v) is 3.82. The van der Waals surface area contributed by atoms with Crippen molar-refractivity contribution in [3.63, 3.8) is 0 Å². The molecule has 0 heterocycles. The van der Waals surface area contributed by atoms with Crippen LogP contribution in [0, 0.1) is 0 Å². The Kier molecular flexibility index (Phi) is 2.38. The van der Waals surface area contributed by atoms with Gasteiger partial charge in [0.15, 0.2) is 0 Å². The average molecular weight is 147 g/mol. The van der Waals surface area contributed by atoms with Gasteiger partial charge in [0.25, 0.3) is 0 Å². The molecule has 1 saturated carbocycles. The van der Waals surface area contributed by atoms with Crippen LogP contribution in [-0.4, -0.2) is 22.6 Å². The minimum atomic E-state index is -0.0606. The summed E-state index contributed by atoms with van der Waals surface area (Å²) in [5, 5.41) is 12.3. The van der Waals surface area contributed by atoms with E-state index in [2.05, 4.69) is 17.9 Å². The summed E-state index contributed by atoms with van der Waals surface area (Å²) in [4.78, 5) is 0. The van der Waals surface area contributed by atoms with E-state index in [1.807, 2.05) is 6.92 Å². The van der Waals surface area contributed by atoms with Gasteiger partial charge in [-0.15, -0.1) is 0 Å². The Bertz CT molecular complexity index is 91.1. The Morgan fingerprint density at radius 3 is 2.56 bits per heavy atom. The van der Waals surface area contributed by atoms with Crippen LogP contribution in [0.5, 0.6) is 0 Å². The molecule has 1 aliphatic carbocycles. The standard InChI is InChI=1S/C6H13NOS/c1-4(9)7-5-2-6(8)3-5/h4-9H,2-3H2,1H3/t4?,5-,6-. The highest BCUT2D eigenvalue weighted by Gasteiger charge is 2.26. The van der Waals surface area contributed by atoms with Crippen molar-refractivity contribution in [3.8, 4) is 0 Å². The molecule has 0 aliphatic heterocycles. The van der Waals surface area contributed by atoms with Crippen molar-refractivity contribution in [2.24, 2.45) is 0 Å². The minimum absolute atomic E-state index is 0.0606. The van der Waals surface area contributed by atoms with Gasteiger partial charge >= 0.3 is 0 Å². The molecule has 2 nitrogen and oxygen atoms in total. The van der Waals surface area contributed by atoms with Crippen LogP contribution in [0.15, 0.2) is 0 Å². The quantitative estimate of drug-likeness (QED) is 0.389. The van der Waals surface area contributed by atoms with Gasteiger partial charge < -0.3 is 10.4 Å². The van der Waals surface area contributed by atoms with E-state index >= 15 is 0 Å². The lowest BCUT2D eigenvalue weighted by molar-refractivity contribution is 0.0622. The Balaban J connectivity index is 2.04. The fraction of sp³-hybridized carbons (Fsp3) is 1.00. The van der Waals surface area contributed by atoms with Crippen molar-refractivity contribution in [1.29, 1.82) is 0 Å². The van der Waals surface area contributed by atoms with E-state index in [1.54, 1.807) is 0 Å². The second-order valence-corrected chi connectivity index (χ2v) is 3.44. The molecule has 0 aromatic carbocycles. The number of thiol groups is 1.